The molecule has 0 aromatic heterocycles. The fraction of sp³-hybridized carbons (Fsp3) is 0.571. The number of aromatic hydroxyl groups is 2. The molecule has 1 unspecified atom stereocenters. The Morgan fingerprint density at radius 2 is 2.17 bits per heavy atom. The lowest BCUT2D eigenvalue weighted by Gasteiger charge is -2.15. The predicted octanol–water partition coefficient (Wildman–Crippen LogP) is 2.18. The van der Waals surface area contributed by atoms with E-state index in [9.17, 15) is 10.2 Å². The van der Waals surface area contributed by atoms with Gasteiger partial charge in [-0.3, -0.25) is 0 Å². The Balaban J connectivity index is 1.70. The zero-order valence-corrected chi connectivity index (χ0v) is 10.7. The average Bonchev–Trinajstić information content (AvgIpc) is 3.12. The zero-order valence-electron chi connectivity index (χ0n) is 10.7. The van der Waals surface area contributed by atoms with E-state index >= 15 is 0 Å². The minimum Gasteiger partial charge on any atom is -0.508 e. The molecular weight excluding hydrogens is 230 g/mol. The summed E-state index contributed by atoms with van der Waals surface area (Å²) in [5.74, 6) is 0.994. The van der Waals surface area contributed by atoms with Crippen molar-refractivity contribution in [1.29, 1.82) is 0 Å². The second-order valence-corrected chi connectivity index (χ2v) is 4.94. The van der Waals surface area contributed by atoms with Crippen molar-refractivity contribution in [1.82, 2.24) is 5.32 Å². The summed E-state index contributed by atoms with van der Waals surface area (Å²) in [5, 5.41) is 22.2. The normalized spacial score (nSPS) is 16.7. The Morgan fingerprint density at radius 1 is 1.39 bits per heavy atom. The molecule has 1 fully saturated rings. The first-order valence-corrected chi connectivity index (χ1v) is 6.50. The molecule has 4 nitrogen and oxygen atoms in total. The van der Waals surface area contributed by atoms with Crippen molar-refractivity contribution in [2.24, 2.45) is 5.92 Å². The van der Waals surface area contributed by atoms with E-state index in [1.165, 1.54) is 18.9 Å². The van der Waals surface area contributed by atoms with Crippen LogP contribution in [0.1, 0.15) is 31.4 Å². The molecule has 1 aromatic rings. The Morgan fingerprint density at radius 3 is 2.83 bits per heavy atom. The number of hydrogen-bond acceptors (Lipinski definition) is 4. The lowest BCUT2D eigenvalue weighted by atomic mass is 10.1. The van der Waals surface area contributed by atoms with E-state index in [4.69, 9.17) is 4.74 Å². The van der Waals surface area contributed by atoms with Crippen LogP contribution in [-0.2, 0) is 4.74 Å². The molecular formula is C14H21NO3. The van der Waals surface area contributed by atoms with Gasteiger partial charge >= 0.3 is 0 Å². The minimum absolute atomic E-state index is 0.0372. The minimum atomic E-state index is 0.0372. The van der Waals surface area contributed by atoms with Gasteiger partial charge in [0.25, 0.3) is 0 Å². The lowest BCUT2D eigenvalue weighted by Crippen LogP contribution is -2.23. The maximum atomic E-state index is 9.71. The van der Waals surface area contributed by atoms with Gasteiger partial charge in [0.1, 0.15) is 11.5 Å². The molecule has 0 aliphatic heterocycles. The van der Waals surface area contributed by atoms with E-state index in [2.05, 4.69) is 5.32 Å². The van der Waals surface area contributed by atoms with Gasteiger partial charge in [-0.15, -0.1) is 0 Å². The molecule has 1 atom stereocenters. The second-order valence-electron chi connectivity index (χ2n) is 4.94. The highest BCUT2D eigenvalue weighted by Crippen LogP contribution is 2.29. The summed E-state index contributed by atoms with van der Waals surface area (Å²) in [6.07, 6.45) is 2.62. The summed E-state index contributed by atoms with van der Waals surface area (Å²) in [7, 11) is 0. The van der Waals surface area contributed by atoms with Crippen molar-refractivity contribution in [2.45, 2.75) is 25.8 Å². The van der Waals surface area contributed by atoms with Crippen LogP contribution in [0.5, 0.6) is 11.5 Å². The summed E-state index contributed by atoms with van der Waals surface area (Å²) in [4.78, 5) is 0. The summed E-state index contributed by atoms with van der Waals surface area (Å²) >= 11 is 0. The summed E-state index contributed by atoms with van der Waals surface area (Å²) in [6, 6.07) is 4.71. The first kappa shape index (κ1) is 13.2. The van der Waals surface area contributed by atoms with Gasteiger partial charge in [0.15, 0.2) is 0 Å². The van der Waals surface area contributed by atoms with Gasteiger partial charge in [0.2, 0.25) is 0 Å². The largest absolute Gasteiger partial charge is 0.508 e. The molecule has 0 radical (unpaired) electrons. The van der Waals surface area contributed by atoms with Crippen LogP contribution in [0.15, 0.2) is 18.2 Å². The standard InChI is InChI=1S/C14H21NO3/c1-10(13-5-4-12(16)8-14(13)17)15-6-7-18-9-11-2-3-11/h4-5,8,10-11,15-17H,2-3,6-7,9H2,1H3. The topological polar surface area (TPSA) is 61.7 Å². The van der Waals surface area contributed by atoms with Crippen molar-refractivity contribution in [3.05, 3.63) is 23.8 Å². The molecule has 1 aromatic carbocycles. The van der Waals surface area contributed by atoms with Gasteiger partial charge in [-0.25, -0.2) is 0 Å². The highest BCUT2D eigenvalue weighted by Gasteiger charge is 2.20. The smallest absolute Gasteiger partial charge is 0.124 e. The number of phenolic OH excluding ortho intramolecular Hbond substituents is 2. The third-order valence-corrected chi connectivity index (χ3v) is 3.23. The van der Waals surface area contributed by atoms with Crippen LogP contribution >= 0.6 is 0 Å². The molecule has 1 aliphatic carbocycles. The maximum Gasteiger partial charge on any atom is 0.124 e. The fourth-order valence-corrected chi connectivity index (χ4v) is 1.89. The molecule has 0 spiro atoms. The first-order valence-electron chi connectivity index (χ1n) is 6.50. The van der Waals surface area contributed by atoms with Gasteiger partial charge in [0, 0.05) is 30.8 Å². The summed E-state index contributed by atoms with van der Waals surface area (Å²) in [5.41, 5.74) is 0.787. The fourth-order valence-electron chi connectivity index (χ4n) is 1.89. The van der Waals surface area contributed by atoms with Crippen LogP contribution in [0.4, 0.5) is 0 Å². The second kappa shape index (κ2) is 6.07. The molecule has 1 aliphatic rings. The average molecular weight is 251 g/mol. The van der Waals surface area contributed by atoms with Crippen LogP contribution in [-0.4, -0.2) is 30.0 Å². The molecule has 4 heteroatoms. The van der Waals surface area contributed by atoms with Crippen molar-refractivity contribution in [3.8, 4) is 11.5 Å². The quantitative estimate of drug-likeness (QED) is 0.650. The van der Waals surface area contributed by atoms with E-state index in [0.717, 1.165) is 24.6 Å². The van der Waals surface area contributed by atoms with Crippen molar-refractivity contribution < 1.29 is 14.9 Å². The number of ether oxygens (including phenoxy) is 1. The third-order valence-electron chi connectivity index (χ3n) is 3.23. The van der Waals surface area contributed by atoms with Gasteiger partial charge < -0.3 is 20.3 Å². The Kier molecular flexibility index (Phi) is 4.44. The number of nitrogens with one attached hydrogen (secondary N) is 1. The molecule has 18 heavy (non-hydrogen) atoms. The van der Waals surface area contributed by atoms with E-state index in [0.29, 0.717) is 6.61 Å². The van der Waals surface area contributed by atoms with Crippen LogP contribution in [0, 0.1) is 5.92 Å². The van der Waals surface area contributed by atoms with Crippen LogP contribution < -0.4 is 5.32 Å². The van der Waals surface area contributed by atoms with Crippen molar-refractivity contribution >= 4 is 0 Å². The molecule has 0 bridgehead atoms. The molecule has 2 rings (SSSR count). The molecule has 100 valence electrons. The number of hydrogen-bond donors (Lipinski definition) is 3. The van der Waals surface area contributed by atoms with Crippen molar-refractivity contribution in [3.63, 3.8) is 0 Å². The van der Waals surface area contributed by atoms with Crippen molar-refractivity contribution in [2.75, 3.05) is 19.8 Å². The van der Waals surface area contributed by atoms with Gasteiger partial charge in [-0.1, -0.05) is 6.07 Å². The highest BCUT2D eigenvalue weighted by molar-refractivity contribution is 5.40. The Bertz CT molecular complexity index is 391. The lowest BCUT2D eigenvalue weighted by molar-refractivity contribution is 0.124. The van der Waals surface area contributed by atoms with Gasteiger partial charge in [-0.2, -0.15) is 0 Å². The SMILES string of the molecule is CC(NCCOCC1CC1)c1ccc(O)cc1O. The Labute approximate surface area is 108 Å². The van der Waals surface area contributed by atoms with Gasteiger partial charge in [-0.05, 0) is 31.7 Å². The van der Waals surface area contributed by atoms with E-state index < -0.39 is 0 Å². The van der Waals surface area contributed by atoms with Crippen LogP contribution in [0.3, 0.4) is 0 Å². The van der Waals surface area contributed by atoms with E-state index in [-0.39, 0.29) is 17.5 Å². The molecule has 1 saturated carbocycles. The van der Waals surface area contributed by atoms with Crippen LogP contribution in [0.2, 0.25) is 0 Å². The molecule has 0 amide bonds. The number of phenols is 2. The predicted molar refractivity (Wildman–Crippen MR) is 69.7 cm³/mol. The van der Waals surface area contributed by atoms with Crippen LogP contribution in [0.25, 0.3) is 0 Å². The summed E-state index contributed by atoms with van der Waals surface area (Å²) < 4.78 is 5.53. The number of benzene rings is 1. The van der Waals surface area contributed by atoms with E-state index in [1.54, 1.807) is 12.1 Å². The first-order chi connectivity index (χ1) is 8.66. The molecule has 0 saturated heterocycles. The molecule has 3 N–H and O–H groups in total. The summed E-state index contributed by atoms with van der Waals surface area (Å²) in [6.45, 7) is 4.31. The zero-order chi connectivity index (χ0) is 13.0. The Hall–Kier alpha value is -1.26. The number of rotatable bonds is 7. The third kappa shape index (κ3) is 3.89. The molecule has 0 heterocycles. The van der Waals surface area contributed by atoms with Gasteiger partial charge in [0.05, 0.1) is 6.61 Å². The highest BCUT2D eigenvalue weighted by atomic mass is 16.5. The van der Waals surface area contributed by atoms with E-state index in [1.807, 2.05) is 6.92 Å². The maximum absolute atomic E-state index is 9.71. The monoisotopic (exact) mass is 251 g/mol.